The number of halogens is 4. The summed E-state index contributed by atoms with van der Waals surface area (Å²) < 4.78 is 25.8. The zero-order valence-corrected chi connectivity index (χ0v) is 8.99. The van der Waals surface area contributed by atoms with Gasteiger partial charge >= 0.3 is 0 Å². The number of rotatable bonds is 1. The normalized spacial score (nSPS) is 9.67. The van der Waals surface area contributed by atoms with Crippen molar-refractivity contribution >= 4 is 37.9 Å². The van der Waals surface area contributed by atoms with Gasteiger partial charge in [0.1, 0.15) is 11.6 Å². The molecule has 4 heteroatoms. The first kappa shape index (κ1) is 9.86. The Kier molecular flexibility index (Phi) is 3.40. The fraction of sp³-hybridized carbons (Fsp3) is 0. The molecule has 0 heterocycles. The van der Waals surface area contributed by atoms with E-state index in [1.165, 1.54) is 12.1 Å². The van der Waals surface area contributed by atoms with Gasteiger partial charge < -0.3 is 0 Å². The molecule has 0 aliphatic carbocycles. The van der Waals surface area contributed by atoms with Crippen LogP contribution in [0.3, 0.4) is 0 Å². The summed E-state index contributed by atoms with van der Waals surface area (Å²) in [6.07, 6.45) is 1.56. The molecule has 1 aromatic rings. The molecule has 0 aliphatic heterocycles. The third-order valence-corrected chi connectivity index (χ3v) is 1.62. The summed E-state index contributed by atoms with van der Waals surface area (Å²) in [7, 11) is 0. The first-order chi connectivity index (χ1) is 5.58. The lowest BCUT2D eigenvalue weighted by Crippen LogP contribution is -1.81. The third-order valence-electron chi connectivity index (χ3n) is 1.16. The molecule has 0 saturated carbocycles. The molecule has 0 saturated heterocycles. The molecule has 0 amide bonds. The Hall–Kier alpha value is -0.220. The van der Waals surface area contributed by atoms with Gasteiger partial charge in [0.05, 0.1) is 3.39 Å². The lowest BCUT2D eigenvalue weighted by molar-refractivity contribution is 0.583. The summed E-state index contributed by atoms with van der Waals surface area (Å²) >= 11 is 6.19. The second kappa shape index (κ2) is 4.14. The van der Waals surface area contributed by atoms with Crippen LogP contribution in [0.4, 0.5) is 8.78 Å². The first-order valence-electron chi connectivity index (χ1n) is 3.07. The van der Waals surface area contributed by atoms with E-state index in [0.717, 1.165) is 6.07 Å². The molecular formula is C8H4Br2F2. The van der Waals surface area contributed by atoms with Crippen molar-refractivity contribution in [2.24, 2.45) is 0 Å². The fourth-order valence-corrected chi connectivity index (χ4v) is 1.31. The van der Waals surface area contributed by atoms with Crippen LogP contribution in [-0.2, 0) is 0 Å². The van der Waals surface area contributed by atoms with Gasteiger partial charge in [0.15, 0.2) is 0 Å². The Balaban J connectivity index is 3.09. The van der Waals surface area contributed by atoms with Gasteiger partial charge in [-0.15, -0.1) is 0 Å². The van der Waals surface area contributed by atoms with Crippen molar-refractivity contribution in [2.75, 3.05) is 0 Å². The van der Waals surface area contributed by atoms with E-state index in [9.17, 15) is 8.78 Å². The second-order valence-corrected chi connectivity index (χ2v) is 4.91. The molecule has 0 nitrogen and oxygen atoms in total. The molecule has 0 unspecified atom stereocenters. The van der Waals surface area contributed by atoms with E-state index in [4.69, 9.17) is 0 Å². The van der Waals surface area contributed by atoms with Crippen LogP contribution in [0.15, 0.2) is 21.6 Å². The lowest BCUT2D eigenvalue weighted by Gasteiger charge is -1.94. The first-order valence-corrected chi connectivity index (χ1v) is 4.65. The van der Waals surface area contributed by atoms with Crippen LogP contribution in [0.25, 0.3) is 6.08 Å². The zero-order valence-electron chi connectivity index (χ0n) is 5.82. The van der Waals surface area contributed by atoms with Crippen LogP contribution < -0.4 is 0 Å². The van der Waals surface area contributed by atoms with Crippen molar-refractivity contribution in [1.82, 2.24) is 0 Å². The average molecular weight is 298 g/mol. The minimum atomic E-state index is -0.581. The zero-order chi connectivity index (χ0) is 9.14. The predicted octanol–water partition coefficient (Wildman–Crippen LogP) is 4.05. The Bertz CT molecular complexity index is 297. The molecule has 64 valence electrons. The second-order valence-electron chi connectivity index (χ2n) is 2.14. The molecule has 1 aromatic carbocycles. The molecule has 0 aromatic heterocycles. The van der Waals surface area contributed by atoms with E-state index in [1.807, 2.05) is 0 Å². The highest BCUT2D eigenvalue weighted by molar-refractivity contribution is 9.28. The van der Waals surface area contributed by atoms with Crippen molar-refractivity contribution in [3.63, 3.8) is 0 Å². The molecule has 0 spiro atoms. The van der Waals surface area contributed by atoms with E-state index < -0.39 is 11.6 Å². The molecule has 0 radical (unpaired) electrons. The molecule has 0 fully saturated rings. The van der Waals surface area contributed by atoms with E-state index in [-0.39, 0.29) is 0 Å². The predicted molar refractivity (Wildman–Crippen MR) is 52.2 cm³/mol. The molecule has 0 aliphatic rings. The van der Waals surface area contributed by atoms with Gasteiger partial charge in [-0.25, -0.2) is 8.78 Å². The van der Waals surface area contributed by atoms with Crippen LogP contribution in [0.1, 0.15) is 5.56 Å². The number of benzene rings is 1. The highest BCUT2D eigenvalue weighted by Gasteiger charge is 1.97. The Morgan fingerprint density at radius 3 is 2.00 bits per heavy atom. The van der Waals surface area contributed by atoms with Crippen molar-refractivity contribution in [3.8, 4) is 0 Å². The van der Waals surface area contributed by atoms with Crippen LogP contribution in [0.5, 0.6) is 0 Å². The SMILES string of the molecule is Fc1cc(F)cc(C=C(Br)Br)c1. The summed E-state index contributed by atoms with van der Waals surface area (Å²) in [6.45, 7) is 0. The summed E-state index contributed by atoms with van der Waals surface area (Å²) in [5, 5.41) is 0. The largest absolute Gasteiger partial charge is 0.207 e. The quantitative estimate of drug-likeness (QED) is 0.733. The van der Waals surface area contributed by atoms with Gasteiger partial charge in [-0.2, -0.15) is 0 Å². The van der Waals surface area contributed by atoms with Crippen LogP contribution in [-0.4, -0.2) is 0 Å². The smallest absolute Gasteiger partial charge is 0.126 e. The van der Waals surface area contributed by atoms with Crippen LogP contribution >= 0.6 is 31.9 Å². The molecular weight excluding hydrogens is 294 g/mol. The fourth-order valence-electron chi connectivity index (χ4n) is 0.784. The third kappa shape index (κ3) is 3.03. The van der Waals surface area contributed by atoms with E-state index in [1.54, 1.807) is 6.08 Å². The summed E-state index contributed by atoms with van der Waals surface area (Å²) in [5.74, 6) is -1.16. The maximum Gasteiger partial charge on any atom is 0.126 e. The van der Waals surface area contributed by atoms with Gasteiger partial charge in [-0.05, 0) is 55.6 Å². The highest BCUT2D eigenvalue weighted by atomic mass is 79.9. The van der Waals surface area contributed by atoms with Gasteiger partial charge in [0.2, 0.25) is 0 Å². The van der Waals surface area contributed by atoms with Crippen LogP contribution in [0.2, 0.25) is 0 Å². The topological polar surface area (TPSA) is 0 Å². The summed E-state index contributed by atoms with van der Waals surface area (Å²) in [6, 6.07) is 3.32. The van der Waals surface area contributed by atoms with Gasteiger partial charge in [-0.1, -0.05) is 0 Å². The molecule has 0 atom stereocenters. The van der Waals surface area contributed by atoms with Gasteiger partial charge in [-0.3, -0.25) is 0 Å². The maximum absolute atomic E-state index is 12.6. The van der Waals surface area contributed by atoms with E-state index in [2.05, 4.69) is 31.9 Å². The average Bonchev–Trinajstić information content (AvgIpc) is 1.81. The van der Waals surface area contributed by atoms with Crippen molar-refractivity contribution in [1.29, 1.82) is 0 Å². The molecule has 0 N–H and O–H groups in total. The van der Waals surface area contributed by atoms with E-state index >= 15 is 0 Å². The Morgan fingerprint density at radius 2 is 1.58 bits per heavy atom. The molecule has 12 heavy (non-hydrogen) atoms. The minimum absolute atomic E-state index is 0.469. The Morgan fingerprint density at radius 1 is 1.08 bits per heavy atom. The van der Waals surface area contributed by atoms with E-state index in [0.29, 0.717) is 8.96 Å². The standard InChI is InChI=1S/C8H4Br2F2/c9-8(10)3-5-1-6(11)4-7(12)2-5/h1-4H. The lowest BCUT2D eigenvalue weighted by atomic mass is 10.2. The van der Waals surface area contributed by atoms with Gasteiger partial charge in [0, 0.05) is 6.07 Å². The summed E-state index contributed by atoms with van der Waals surface area (Å²) in [5.41, 5.74) is 0.469. The highest BCUT2D eigenvalue weighted by Crippen LogP contribution is 2.19. The number of hydrogen-bond donors (Lipinski definition) is 0. The minimum Gasteiger partial charge on any atom is -0.207 e. The monoisotopic (exact) mass is 296 g/mol. The maximum atomic E-state index is 12.6. The van der Waals surface area contributed by atoms with Gasteiger partial charge in [0.25, 0.3) is 0 Å². The van der Waals surface area contributed by atoms with Crippen molar-refractivity contribution in [3.05, 3.63) is 38.8 Å². The number of hydrogen-bond acceptors (Lipinski definition) is 0. The molecule has 1 rings (SSSR count). The van der Waals surface area contributed by atoms with Crippen molar-refractivity contribution < 1.29 is 8.78 Å². The van der Waals surface area contributed by atoms with Crippen LogP contribution in [0, 0.1) is 11.6 Å². The molecule has 0 bridgehead atoms. The summed E-state index contributed by atoms with van der Waals surface area (Å²) in [4.78, 5) is 0. The van der Waals surface area contributed by atoms with Crippen molar-refractivity contribution in [2.45, 2.75) is 0 Å². The Labute approximate surface area is 85.5 Å².